The minimum absolute atomic E-state index is 0.458. The Labute approximate surface area is 204 Å². The highest BCUT2D eigenvalue weighted by atomic mass is 35.5. The van der Waals surface area contributed by atoms with Crippen LogP contribution in [0.5, 0.6) is 0 Å². The quantitative estimate of drug-likeness (QED) is 0.343. The Morgan fingerprint density at radius 2 is 1.03 bits per heavy atom. The molecule has 1 aliphatic rings. The van der Waals surface area contributed by atoms with Crippen LogP contribution < -0.4 is 9.80 Å². The van der Waals surface area contributed by atoms with Crippen LogP contribution >= 0.6 is 23.2 Å². The first-order valence-corrected chi connectivity index (χ1v) is 11.6. The molecule has 1 N–H and O–H groups in total. The summed E-state index contributed by atoms with van der Waals surface area (Å²) in [7, 11) is 0. The first-order valence-electron chi connectivity index (χ1n) is 10.8. The number of rotatable bonds is 4. The van der Waals surface area contributed by atoms with Crippen molar-refractivity contribution in [2.75, 3.05) is 16.5 Å². The van der Waals surface area contributed by atoms with Gasteiger partial charge in [0.2, 0.25) is 0 Å². The molecular formula is C28H24Cl2N2O. The third kappa shape index (κ3) is 3.48. The van der Waals surface area contributed by atoms with Crippen molar-refractivity contribution in [2.45, 2.75) is 18.2 Å². The summed E-state index contributed by atoms with van der Waals surface area (Å²) in [5.41, 5.74) is 1.44. The first kappa shape index (κ1) is 21.8. The van der Waals surface area contributed by atoms with Crippen molar-refractivity contribution >= 4 is 34.6 Å². The predicted molar refractivity (Wildman–Crippen MR) is 137 cm³/mol. The summed E-state index contributed by atoms with van der Waals surface area (Å²) in [6.45, 7) is 2.56. The first-order chi connectivity index (χ1) is 15.9. The number of halogens is 2. The zero-order valence-electron chi connectivity index (χ0n) is 18.2. The van der Waals surface area contributed by atoms with Gasteiger partial charge < -0.3 is 14.9 Å². The van der Waals surface area contributed by atoms with E-state index in [4.69, 9.17) is 23.2 Å². The molecule has 1 aliphatic heterocycles. The number of hydrogen-bond acceptors (Lipinski definition) is 3. The number of aliphatic hydroxyl groups is 1. The van der Waals surface area contributed by atoms with E-state index < -0.39 is 11.3 Å². The molecule has 1 heterocycles. The average molecular weight is 475 g/mol. The Kier molecular flexibility index (Phi) is 5.57. The second-order valence-electron chi connectivity index (χ2n) is 8.43. The maximum absolute atomic E-state index is 12.8. The van der Waals surface area contributed by atoms with Crippen LogP contribution in [0.4, 0.5) is 11.4 Å². The molecular weight excluding hydrogens is 451 g/mol. The molecule has 4 aromatic carbocycles. The molecule has 0 radical (unpaired) electrons. The lowest BCUT2D eigenvalue weighted by Crippen LogP contribution is -2.56. The van der Waals surface area contributed by atoms with Gasteiger partial charge in [0.05, 0.1) is 6.67 Å². The Balaban J connectivity index is 1.79. The minimum Gasteiger partial charge on any atom is -0.365 e. The van der Waals surface area contributed by atoms with Crippen LogP contribution in [0, 0.1) is 0 Å². The lowest BCUT2D eigenvalue weighted by Gasteiger charge is -2.46. The Morgan fingerprint density at radius 3 is 1.52 bits per heavy atom. The highest BCUT2D eigenvalue weighted by Crippen LogP contribution is 2.54. The standard InChI is InChI=1S/C28H24Cl2N2O/c1-27(21-8-4-2-5-9-21)28(33,22-10-6-3-7-11-22)32(26-18-14-24(30)15-19-26)20-31(27)25-16-12-23(29)13-17-25/h2-19,33H,20H2,1H3/t27-,28-/m1/s1. The molecule has 166 valence electrons. The zero-order chi connectivity index (χ0) is 23.1. The van der Waals surface area contributed by atoms with Crippen molar-refractivity contribution in [3.63, 3.8) is 0 Å². The van der Waals surface area contributed by atoms with E-state index in [1.54, 1.807) is 0 Å². The molecule has 0 bridgehead atoms. The van der Waals surface area contributed by atoms with E-state index >= 15 is 0 Å². The molecule has 0 saturated carbocycles. The van der Waals surface area contributed by atoms with Crippen LogP contribution in [0.15, 0.2) is 109 Å². The van der Waals surface area contributed by atoms with Gasteiger partial charge in [-0.3, -0.25) is 0 Å². The smallest absolute Gasteiger partial charge is 0.193 e. The minimum atomic E-state index is -1.39. The van der Waals surface area contributed by atoms with Gasteiger partial charge in [-0.25, -0.2) is 0 Å². The number of anilines is 2. The molecule has 1 fully saturated rings. The largest absolute Gasteiger partial charge is 0.365 e. The average Bonchev–Trinajstić information content (AvgIpc) is 3.10. The van der Waals surface area contributed by atoms with Gasteiger partial charge in [0.15, 0.2) is 5.72 Å². The highest BCUT2D eigenvalue weighted by Gasteiger charge is 2.62. The second-order valence-corrected chi connectivity index (χ2v) is 9.30. The van der Waals surface area contributed by atoms with Gasteiger partial charge >= 0.3 is 0 Å². The molecule has 3 nitrogen and oxygen atoms in total. The number of benzene rings is 4. The monoisotopic (exact) mass is 474 g/mol. The SMILES string of the molecule is C[C@]1(c2ccccc2)N(c2ccc(Cl)cc2)CN(c2ccc(Cl)cc2)[C@@]1(O)c1ccccc1. The van der Waals surface area contributed by atoms with Gasteiger partial charge in [-0.2, -0.15) is 0 Å². The Morgan fingerprint density at radius 1 is 0.606 bits per heavy atom. The fraction of sp³-hybridized carbons (Fsp3) is 0.143. The zero-order valence-corrected chi connectivity index (χ0v) is 19.7. The molecule has 5 rings (SSSR count). The molecule has 4 aromatic rings. The summed E-state index contributed by atoms with van der Waals surface area (Å²) < 4.78 is 0. The van der Waals surface area contributed by atoms with Gasteiger partial charge in [0, 0.05) is 27.0 Å². The second kappa shape index (κ2) is 8.42. The van der Waals surface area contributed by atoms with Crippen molar-refractivity contribution < 1.29 is 5.11 Å². The Hall–Kier alpha value is -2.98. The molecule has 5 heteroatoms. The topological polar surface area (TPSA) is 26.7 Å². The summed E-state index contributed by atoms with van der Waals surface area (Å²) >= 11 is 12.4. The molecule has 0 amide bonds. The van der Waals surface area contributed by atoms with E-state index in [9.17, 15) is 5.11 Å². The van der Waals surface area contributed by atoms with Crippen molar-refractivity contribution in [1.82, 2.24) is 0 Å². The van der Waals surface area contributed by atoms with Crippen molar-refractivity contribution in [2.24, 2.45) is 0 Å². The van der Waals surface area contributed by atoms with Crippen LogP contribution in [-0.4, -0.2) is 11.8 Å². The fourth-order valence-electron chi connectivity index (χ4n) is 4.91. The predicted octanol–water partition coefficient (Wildman–Crippen LogP) is 7.04. The third-order valence-corrected chi connectivity index (χ3v) is 7.18. The molecule has 1 saturated heterocycles. The van der Waals surface area contributed by atoms with Gasteiger partial charge in [-0.05, 0) is 61.0 Å². The van der Waals surface area contributed by atoms with E-state index in [-0.39, 0.29) is 0 Å². The molecule has 0 spiro atoms. The molecule has 2 atom stereocenters. The molecule has 0 aromatic heterocycles. The van der Waals surface area contributed by atoms with Crippen molar-refractivity contribution in [3.8, 4) is 0 Å². The van der Waals surface area contributed by atoms with Crippen LogP contribution in [0.1, 0.15) is 18.1 Å². The van der Waals surface area contributed by atoms with E-state index in [2.05, 4.69) is 24.0 Å². The number of hydrogen-bond donors (Lipinski definition) is 1. The molecule has 0 aliphatic carbocycles. The van der Waals surface area contributed by atoms with Crippen molar-refractivity contribution in [3.05, 3.63) is 130 Å². The maximum Gasteiger partial charge on any atom is 0.193 e. The van der Waals surface area contributed by atoms with E-state index in [1.165, 1.54) is 0 Å². The summed E-state index contributed by atoms with van der Waals surface area (Å²) in [5.74, 6) is 0. The highest BCUT2D eigenvalue weighted by molar-refractivity contribution is 6.30. The summed E-state index contributed by atoms with van der Waals surface area (Å²) in [4.78, 5) is 4.28. The molecule has 33 heavy (non-hydrogen) atoms. The maximum atomic E-state index is 12.8. The Bertz CT molecular complexity index is 1130. The summed E-state index contributed by atoms with van der Waals surface area (Å²) in [6, 6.07) is 35.4. The van der Waals surface area contributed by atoms with Gasteiger partial charge in [-0.1, -0.05) is 83.9 Å². The van der Waals surface area contributed by atoms with Gasteiger partial charge in [0.1, 0.15) is 5.54 Å². The van der Waals surface area contributed by atoms with Crippen LogP contribution in [0.25, 0.3) is 0 Å². The van der Waals surface area contributed by atoms with Crippen LogP contribution in [0.3, 0.4) is 0 Å². The summed E-state index contributed by atoms with van der Waals surface area (Å²) in [5, 5.41) is 14.2. The van der Waals surface area contributed by atoms with Crippen molar-refractivity contribution in [1.29, 1.82) is 0 Å². The summed E-state index contributed by atoms with van der Waals surface area (Å²) in [6.07, 6.45) is 0. The normalized spacial score (nSPS) is 22.5. The van der Waals surface area contributed by atoms with Crippen LogP contribution in [0.2, 0.25) is 10.0 Å². The van der Waals surface area contributed by atoms with Gasteiger partial charge in [-0.15, -0.1) is 0 Å². The number of nitrogens with zero attached hydrogens (tertiary/aromatic N) is 2. The van der Waals surface area contributed by atoms with E-state index in [1.807, 2.05) is 102 Å². The lowest BCUT2D eigenvalue weighted by molar-refractivity contribution is -0.0134. The lowest BCUT2D eigenvalue weighted by atomic mass is 9.76. The van der Waals surface area contributed by atoms with Crippen LogP contribution in [-0.2, 0) is 11.3 Å². The van der Waals surface area contributed by atoms with E-state index in [0.29, 0.717) is 16.7 Å². The third-order valence-electron chi connectivity index (χ3n) is 6.68. The van der Waals surface area contributed by atoms with E-state index in [0.717, 1.165) is 22.5 Å². The van der Waals surface area contributed by atoms with Gasteiger partial charge in [0.25, 0.3) is 0 Å². The molecule has 0 unspecified atom stereocenters. The fourth-order valence-corrected chi connectivity index (χ4v) is 5.17.